The summed E-state index contributed by atoms with van der Waals surface area (Å²) in [7, 11) is 0. The molecule has 0 heterocycles. The van der Waals surface area contributed by atoms with Crippen LogP contribution in [0.1, 0.15) is 38.8 Å². The van der Waals surface area contributed by atoms with Crippen LogP contribution in [0.4, 0.5) is 0 Å². The zero-order valence-corrected chi connectivity index (χ0v) is 14.7. The topological polar surface area (TPSA) is 21.6 Å². The Balaban J connectivity index is 2.07. The first-order valence-electron chi connectivity index (χ1n) is 7.41. The summed E-state index contributed by atoms with van der Waals surface area (Å²) in [6.45, 7) is 10.6. The predicted octanol–water partition coefficient (Wildman–Crippen LogP) is 6.04. The highest BCUT2D eigenvalue weighted by Crippen LogP contribution is 2.26. The van der Waals surface area contributed by atoms with Crippen LogP contribution in [-0.2, 0) is 0 Å². The quantitative estimate of drug-likeness (QED) is 0.506. The molecule has 0 unspecified atom stereocenters. The summed E-state index contributed by atoms with van der Waals surface area (Å²) in [6.07, 6.45) is 0. The van der Waals surface area contributed by atoms with Crippen LogP contribution in [-0.4, -0.2) is 10.5 Å². The lowest BCUT2D eigenvalue weighted by atomic mass is 10.1. The summed E-state index contributed by atoms with van der Waals surface area (Å²) in [5.41, 5.74) is 3.34. The van der Waals surface area contributed by atoms with Crippen molar-refractivity contribution in [2.45, 2.75) is 39.4 Å². The molecular weight excluding hydrogens is 290 g/mol. The minimum absolute atomic E-state index is 0.134. The first kappa shape index (κ1) is 16.6. The molecule has 22 heavy (non-hydrogen) atoms. The Kier molecular flexibility index (Phi) is 5.30. The minimum Gasteiger partial charge on any atom is -0.457 e. The van der Waals surface area contributed by atoms with E-state index >= 15 is 0 Å². The SMILES string of the molecule is CC(=NSC(C)(C)C)c1ccc(Oc2cccc(C)c2)cc1. The lowest BCUT2D eigenvalue weighted by molar-refractivity contribution is 0.482. The summed E-state index contributed by atoms with van der Waals surface area (Å²) in [5.74, 6) is 1.70. The van der Waals surface area contributed by atoms with Crippen LogP contribution in [0.15, 0.2) is 52.9 Å². The van der Waals surface area contributed by atoms with Gasteiger partial charge in [0.1, 0.15) is 11.5 Å². The summed E-state index contributed by atoms with van der Waals surface area (Å²) in [4.78, 5) is 0. The standard InChI is InChI=1S/C19H23NOS/c1-14-7-6-8-18(13-14)21-17-11-9-16(10-12-17)15(2)20-22-19(3,4)5/h6-13H,1-5H3. The molecule has 0 saturated carbocycles. The van der Waals surface area contributed by atoms with Crippen LogP contribution in [0.5, 0.6) is 11.5 Å². The monoisotopic (exact) mass is 313 g/mol. The number of rotatable bonds is 4. The normalized spacial score (nSPS) is 12.3. The lowest BCUT2D eigenvalue weighted by Gasteiger charge is -2.13. The molecule has 0 aromatic heterocycles. The first-order chi connectivity index (χ1) is 10.3. The van der Waals surface area contributed by atoms with Gasteiger partial charge in [-0.15, -0.1) is 0 Å². The van der Waals surface area contributed by atoms with Crippen molar-refractivity contribution in [3.8, 4) is 11.5 Å². The van der Waals surface area contributed by atoms with E-state index in [1.54, 1.807) is 11.9 Å². The Morgan fingerprint density at radius 2 is 1.68 bits per heavy atom. The molecule has 0 aliphatic heterocycles. The molecule has 2 aromatic rings. The maximum atomic E-state index is 5.86. The Morgan fingerprint density at radius 3 is 2.27 bits per heavy atom. The molecule has 0 aliphatic rings. The van der Waals surface area contributed by atoms with Crippen LogP contribution in [0.2, 0.25) is 0 Å². The second-order valence-electron chi connectivity index (χ2n) is 6.32. The van der Waals surface area contributed by atoms with E-state index in [2.05, 4.69) is 38.2 Å². The van der Waals surface area contributed by atoms with E-state index in [0.717, 1.165) is 22.8 Å². The van der Waals surface area contributed by atoms with E-state index in [0.29, 0.717) is 0 Å². The van der Waals surface area contributed by atoms with Gasteiger partial charge in [0.2, 0.25) is 0 Å². The van der Waals surface area contributed by atoms with Gasteiger partial charge in [-0.3, -0.25) is 0 Å². The second-order valence-corrected chi connectivity index (χ2v) is 7.91. The number of hydrogen-bond acceptors (Lipinski definition) is 3. The number of benzene rings is 2. The average Bonchev–Trinajstić information content (AvgIpc) is 2.45. The zero-order chi connectivity index (χ0) is 16.2. The van der Waals surface area contributed by atoms with Gasteiger partial charge in [-0.05, 0) is 94.1 Å². The van der Waals surface area contributed by atoms with Crippen molar-refractivity contribution in [2.24, 2.45) is 4.40 Å². The van der Waals surface area contributed by atoms with Crippen molar-refractivity contribution >= 4 is 17.7 Å². The van der Waals surface area contributed by atoms with Crippen molar-refractivity contribution in [3.63, 3.8) is 0 Å². The van der Waals surface area contributed by atoms with Gasteiger partial charge in [-0.1, -0.05) is 12.1 Å². The molecule has 0 spiro atoms. The fraction of sp³-hybridized carbons (Fsp3) is 0.316. The van der Waals surface area contributed by atoms with Crippen LogP contribution in [0, 0.1) is 6.92 Å². The number of ether oxygens (including phenoxy) is 1. The largest absolute Gasteiger partial charge is 0.457 e. The molecule has 0 aliphatic carbocycles. The van der Waals surface area contributed by atoms with Gasteiger partial charge in [0.05, 0.1) is 5.71 Å². The third-order valence-electron chi connectivity index (χ3n) is 2.95. The third-order valence-corrected chi connectivity index (χ3v) is 3.87. The van der Waals surface area contributed by atoms with E-state index in [1.165, 1.54) is 5.56 Å². The molecule has 0 radical (unpaired) electrons. The van der Waals surface area contributed by atoms with E-state index in [-0.39, 0.29) is 4.75 Å². The Bertz CT molecular complexity index is 654. The highest BCUT2D eigenvalue weighted by molar-refractivity contribution is 7.99. The molecular formula is C19H23NOS. The number of nitrogens with zero attached hydrogens (tertiary/aromatic N) is 1. The lowest BCUT2D eigenvalue weighted by Crippen LogP contribution is -2.06. The van der Waals surface area contributed by atoms with Crippen molar-refractivity contribution in [1.29, 1.82) is 0 Å². The fourth-order valence-corrected chi connectivity index (χ4v) is 2.35. The summed E-state index contributed by atoms with van der Waals surface area (Å²) >= 11 is 1.60. The molecule has 0 bridgehead atoms. The molecule has 0 amide bonds. The first-order valence-corrected chi connectivity index (χ1v) is 8.18. The fourth-order valence-electron chi connectivity index (χ4n) is 1.84. The predicted molar refractivity (Wildman–Crippen MR) is 97.3 cm³/mol. The molecule has 116 valence electrons. The van der Waals surface area contributed by atoms with Gasteiger partial charge in [0, 0.05) is 4.75 Å². The highest BCUT2D eigenvalue weighted by Gasteiger charge is 2.10. The number of aryl methyl sites for hydroxylation is 1. The van der Waals surface area contributed by atoms with Gasteiger partial charge in [0.25, 0.3) is 0 Å². The Morgan fingerprint density at radius 1 is 1.00 bits per heavy atom. The summed E-state index contributed by atoms with van der Waals surface area (Å²) < 4.78 is 10.6. The van der Waals surface area contributed by atoms with E-state index in [9.17, 15) is 0 Å². The molecule has 0 fully saturated rings. The molecule has 0 saturated heterocycles. The molecule has 2 rings (SSSR count). The van der Waals surface area contributed by atoms with Gasteiger partial charge in [-0.2, -0.15) is 0 Å². The van der Waals surface area contributed by atoms with Crippen molar-refractivity contribution < 1.29 is 4.74 Å². The summed E-state index contributed by atoms with van der Waals surface area (Å²) in [6, 6.07) is 16.1. The smallest absolute Gasteiger partial charge is 0.127 e. The molecule has 0 N–H and O–H groups in total. The van der Waals surface area contributed by atoms with Crippen LogP contribution < -0.4 is 4.74 Å². The maximum absolute atomic E-state index is 5.86. The van der Waals surface area contributed by atoms with Crippen molar-refractivity contribution in [1.82, 2.24) is 0 Å². The number of hydrogen-bond donors (Lipinski definition) is 0. The van der Waals surface area contributed by atoms with Crippen molar-refractivity contribution in [3.05, 3.63) is 59.7 Å². The maximum Gasteiger partial charge on any atom is 0.127 e. The zero-order valence-electron chi connectivity index (χ0n) is 13.9. The highest BCUT2D eigenvalue weighted by atomic mass is 32.2. The van der Waals surface area contributed by atoms with Gasteiger partial charge in [0.15, 0.2) is 0 Å². The van der Waals surface area contributed by atoms with Crippen LogP contribution in [0.3, 0.4) is 0 Å². The third kappa shape index (κ3) is 5.23. The van der Waals surface area contributed by atoms with Gasteiger partial charge >= 0.3 is 0 Å². The van der Waals surface area contributed by atoms with E-state index in [1.807, 2.05) is 49.4 Å². The molecule has 2 nitrogen and oxygen atoms in total. The minimum atomic E-state index is 0.134. The van der Waals surface area contributed by atoms with Crippen molar-refractivity contribution in [2.75, 3.05) is 0 Å². The van der Waals surface area contributed by atoms with E-state index in [4.69, 9.17) is 4.74 Å². The average molecular weight is 313 g/mol. The molecule has 2 aromatic carbocycles. The van der Waals surface area contributed by atoms with Gasteiger partial charge < -0.3 is 4.74 Å². The Hall–Kier alpha value is -1.74. The second kappa shape index (κ2) is 7.01. The van der Waals surface area contributed by atoms with Gasteiger partial charge in [-0.25, -0.2) is 4.40 Å². The van der Waals surface area contributed by atoms with Crippen LogP contribution in [0.25, 0.3) is 0 Å². The molecule has 0 atom stereocenters. The van der Waals surface area contributed by atoms with E-state index < -0.39 is 0 Å². The summed E-state index contributed by atoms with van der Waals surface area (Å²) in [5, 5.41) is 0. The molecule has 3 heteroatoms. The Labute approximate surface area is 137 Å². The van der Waals surface area contributed by atoms with Crippen LogP contribution >= 0.6 is 11.9 Å².